The molecule has 3 aromatic rings. The highest BCUT2D eigenvalue weighted by molar-refractivity contribution is 5.86. The van der Waals surface area contributed by atoms with Crippen LogP contribution in [0.3, 0.4) is 0 Å². The molecule has 1 aliphatic heterocycles. The lowest BCUT2D eigenvalue weighted by atomic mass is 10.1. The molecular formula is C16H17N5O2. The van der Waals surface area contributed by atoms with Gasteiger partial charge in [0.15, 0.2) is 5.58 Å². The first kappa shape index (κ1) is 13.9. The van der Waals surface area contributed by atoms with Crippen LogP contribution in [0.5, 0.6) is 0 Å². The second kappa shape index (κ2) is 5.49. The average molecular weight is 311 g/mol. The Morgan fingerprint density at radius 3 is 3.17 bits per heavy atom. The van der Waals surface area contributed by atoms with Gasteiger partial charge in [0.25, 0.3) is 0 Å². The summed E-state index contributed by atoms with van der Waals surface area (Å²) in [7, 11) is 0. The van der Waals surface area contributed by atoms with Crippen molar-refractivity contribution < 1.29 is 9.32 Å². The zero-order valence-electron chi connectivity index (χ0n) is 12.8. The number of hydrogen-bond donors (Lipinski definition) is 1. The fraction of sp³-hybridized carbons (Fsp3) is 0.375. The van der Waals surface area contributed by atoms with Crippen LogP contribution in [0, 0.1) is 6.92 Å². The molecule has 0 bridgehead atoms. The predicted octanol–water partition coefficient (Wildman–Crippen LogP) is 1.40. The molecule has 118 valence electrons. The van der Waals surface area contributed by atoms with Crippen molar-refractivity contribution in [2.75, 3.05) is 0 Å². The fourth-order valence-electron chi connectivity index (χ4n) is 3.08. The summed E-state index contributed by atoms with van der Waals surface area (Å²) < 4.78 is 7.31. The molecule has 3 heterocycles. The Labute approximate surface area is 132 Å². The average Bonchev–Trinajstić information content (AvgIpc) is 3.12. The first-order valence-electron chi connectivity index (χ1n) is 7.72. The fourth-order valence-corrected chi connectivity index (χ4v) is 3.08. The summed E-state index contributed by atoms with van der Waals surface area (Å²) in [5.41, 5.74) is 1.38. The van der Waals surface area contributed by atoms with E-state index in [0.717, 1.165) is 36.4 Å². The number of amides is 1. The summed E-state index contributed by atoms with van der Waals surface area (Å²) >= 11 is 0. The molecule has 0 saturated carbocycles. The second-order valence-electron chi connectivity index (χ2n) is 5.88. The van der Waals surface area contributed by atoms with Gasteiger partial charge in [-0.15, -0.1) is 10.2 Å². The Balaban J connectivity index is 1.44. The molecule has 0 aliphatic carbocycles. The summed E-state index contributed by atoms with van der Waals surface area (Å²) in [6.45, 7) is 2.65. The lowest BCUT2D eigenvalue weighted by Gasteiger charge is -2.24. The minimum absolute atomic E-state index is 0.0387. The monoisotopic (exact) mass is 311 g/mol. The summed E-state index contributed by atoms with van der Waals surface area (Å²) in [5.74, 6) is 1.85. The standard InChI is InChI=1S/C16H17N5O2/c1-10-18-19-15-7-6-11(9-21(10)15)17-16(22)8-13-12-4-2-3-5-14(12)23-20-13/h2-5,11H,6-9H2,1H3,(H,17,22)/t11-/m1/s1. The van der Waals surface area contributed by atoms with Gasteiger partial charge in [0.05, 0.1) is 6.42 Å². The van der Waals surface area contributed by atoms with Crippen molar-refractivity contribution >= 4 is 16.9 Å². The Hall–Kier alpha value is -2.70. The Morgan fingerprint density at radius 2 is 2.26 bits per heavy atom. The van der Waals surface area contributed by atoms with E-state index in [2.05, 4.69) is 25.2 Å². The Kier molecular flexibility index (Phi) is 3.33. The molecule has 1 atom stereocenters. The number of aryl methyl sites for hydroxylation is 2. The first-order valence-corrected chi connectivity index (χ1v) is 7.72. The molecule has 2 aromatic heterocycles. The summed E-state index contributed by atoms with van der Waals surface area (Å²) in [4.78, 5) is 12.3. The number of carbonyl (C=O) groups excluding carboxylic acids is 1. The Morgan fingerprint density at radius 1 is 1.39 bits per heavy atom. The Bertz CT molecular complexity index is 866. The van der Waals surface area contributed by atoms with Crippen molar-refractivity contribution in [2.24, 2.45) is 0 Å². The molecule has 1 amide bonds. The highest BCUT2D eigenvalue weighted by Gasteiger charge is 2.23. The topological polar surface area (TPSA) is 85.8 Å². The summed E-state index contributed by atoms with van der Waals surface area (Å²) in [6, 6.07) is 7.67. The van der Waals surface area contributed by atoms with Crippen molar-refractivity contribution in [3.05, 3.63) is 41.6 Å². The van der Waals surface area contributed by atoms with Crippen molar-refractivity contribution in [3.63, 3.8) is 0 Å². The smallest absolute Gasteiger partial charge is 0.226 e. The van der Waals surface area contributed by atoms with E-state index < -0.39 is 0 Å². The van der Waals surface area contributed by atoms with E-state index in [1.165, 1.54) is 0 Å². The van der Waals surface area contributed by atoms with Crippen molar-refractivity contribution in [1.29, 1.82) is 0 Å². The maximum Gasteiger partial charge on any atom is 0.226 e. The van der Waals surface area contributed by atoms with E-state index in [-0.39, 0.29) is 18.4 Å². The molecule has 1 N–H and O–H groups in total. The van der Waals surface area contributed by atoms with Crippen LogP contribution in [-0.2, 0) is 24.2 Å². The van der Waals surface area contributed by atoms with Crippen LogP contribution in [0.15, 0.2) is 28.8 Å². The number of hydrogen-bond acceptors (Lipinski definition) is 5. The van der Waals surface area contributed by atoms with Crippen LogP contribution < -0.4 is 5.32 Å². The van der Waals surface area contributed by atoms with Crippen LogP contribution in [0.2, 0.25) is 0 Å². The number of carbonyl (C=O) groups is 1. The molecule has 1 aliphatic rings. The number of rotatable bonds is 3. The van der Waals surface area contributed by atoms with Gasteiger partial charge < -0.3 is 14.4 Å². The third kappa shape index (κ3) is 2.58. The summed E-state index contributed by atoms with van der Waals surface area (Å²) in [6.07, 6.45) is 1.93. The van der Waals surface area contributed by atoms with Crippen molar-refractivity contribution in [2.45, 2.75) is 38.8 Å². The molecule has 0 fully saturated rings. The molecular weight excluding hydrogens is 294 g/mol. The highest BCUT2D eigenvalue weighted by atomic mass is 16.5. The second-order valence-corrected chi connectivity index (χ2v) is 5.88. The van der Waals surface area contributed by atoms with Crippen LogP contribution in [0.25, 0.3) is 11.0 Å². The molecule has 23 heavy (non-hydrogen) atoms. The van der Waals surface area contributed by atoms with Gasteiger partial charge in [-0.2, -0.15) is 0 Å². The predicted molar refractivity (Wildman–Crippen MR) is 82.7 cm³/mol. The van der Waals surface area contributed by atoms with Crippen LogP contribution in [0.4, 0.5) is 0 Å². The minimum atomic E-state index is -0.0387. The molecule has 0 spiro atoms. The number of para-hydroxylation sites is 1. The molecule has 0 saturated heterocycles. The first-order chi connectivity index (χ1) is 11.2. The lowest BCUT2D eigenvalue weighted by Crippen LogP contribution is -2.42. The zero-order chi connectivity index (χ0) is 15.8. The van der Waals surface area contributed by atoms with E-state index in [1.54, 1.807) is 0 Å². The molecule has 7 nitrogen and oxygen atoms in total. The number of nitrogens with one attached hydrogen (secondary N) is 1. The van der Waals surface area contributed by atoms with Gasteiger partial charge in [-0.05, 0) is 25.5 Å². The van der Waals surface area contributed by atoms with Crippen molar-refractivity contribution in [1.82, 2.24) is 25.2 Å². The molecule has 0 radical (unpaired) electrons. The molecule has 4 rings (SSSR count). The van der Waals surface area contributed by atoms with E-state index >= 15 is 0 Å². The van der Waals surface area contributed by atoms with Crippen LogP contribution in [-0.4, -0.2) is 31.9 Å². The highest BCUT2D eigenvalue weighted by Crippen LogP contribution is 2.19. The van der Waals surface area contributed by atoms with E-state index in [4.69, 9.17) is 4.52 Å². The zero-order valence-corrected chi connectivity index (χ0v) is 12.8. The number of fused-ring (bicyclic) bond motifs is 2. The molecule has 7 heteroatoms. The SMILES string of the molecule is Cc1nnc2n1C[C@H](NC(=O)Cc1noc3ccccc13)CC2. The van der Waals surface area contributed by atoms with E-state index in [0.29, 0.717) is 11.3 Å². The largest absolute Gasteiger partial charge is 0.356 e. The third-order valence-corrected chi connectivity index (χ3v) is 4.28. The molecule has 0 unspecified atom stereocenters. The van der Waals surface area contributed by atoms with Crippen LogP contribution in [0.1, 0.15) is 23.8 Å². The number of nitrogens with zero attached hydrogens (tertiary/aromatic N) is 4. The van der Waals surface area contributed by atoms with Gasteiger partial charge in [-0.25, -0.2) is 0 Å². The normalized spacial score (nSPS) is 17.2. The van der Waals surface area contributed by atoms with Gasteiger partial charge >= 0.3 is 0 Å². The van der Waals surface area contributed by atoms with Crippen molar-refractivity contribution in [3.8, 4) is 0 Å². The minimum Gasteiger partial charge on any atom is -0.356 e. The maximum atomic E-state index is 12.3. The van der Waals surface area contributed by atoms with Gasteiger partial charge in [0, 0.05) is 24.4 Å². The quantitative estimate of drug-likeness (QED) is 0.790. The van der Waals surface area contributed by atoms with Gasteiger partial charge in [-0.1, -0.05) is 17.3 Å². The van der Waals surface area contributed by atoms with E-state index in [9.17, 15) is 4.79 Å². The maximum absolute atomic E-state index is 12.3. The third-order valence-electron chi connectivity index (χ3n) is 4.28. The number of benzene rings is 1. The lowest BCUT2D eigenvalue weighted by molar-refractivity contribution is -0.121. The number of aromatic nitrogens is 4. The molecule has 1 aromatic carbocycles. The van der Waals surface area contributed by atoms with Gasteiger partial charge in [0.2, 0.25) is 5.91 Å². The van der Waals surface area contributed by atoms with Gasteiger partial charge in [-0.3, -0.25) is 4.79 Å². The van der Waals surface area contributed by atoms with E-state index in [1.807, 2.05) is 31.2 Å². The van der Waals surface area contributed by atoms with Gasteiger partial charge in [0.1, 0.15) is 17.3 Å². The van der Waals surface area contributed by atoms with Crippen LogP contribution >= 0.6 is 0 Å². The summed E-state index contributed by atoms with van der Waals surface area (Å²) in [5, 5.41) is 16.2.